The summed E-state index contributed by atoms with van der Waals surface area (Å²) in [6, 6.07) is 7.16. The molecular formula is C10H9NO3. The molecule has 1 aromatic rings. The number of rotatable bonds is 1. The lowest BCUT2D eigenvalue weighted by Gasteiger charge is -2.07. The van der Waals surface area contributed by atoms with Gasteiger partial charge in [-0.1, -0.05) is 18.2 Å². The quantitative estimate of drug-likeness (QED) is 0.679. The van der Waals surface area contributed by atoms with Crippen LogP contribution in [0.2, 0.25) is 0 Å². The molecule has 1 N–H and O–H groups in total. The van der Waals surface area contributed by atoms with Crippen molar-refractivity contribution in [1.29, 1.82) is 0 Å². The highest BCUT2D eigenvalue weighted by Gasteiger charge is 2.32. The van der Waals surface area contributed by atoms with Crippen molar-refractivity contribution in [3.05, 3.63) is 29.8 Å². The van der Waals surface area contributed by atoms with Crippen molar-refractivity contribution < 1.29 is 14.3 Å². The molecule has 4 heteroatoms. The number of fused-ring (bicyclic) bond motifs is 1. The first-order chi connectivity index (χ1) is 6.68. The van der Waals surface area contributed by atoms with Gasteiger partial charge in [0.05, 0.1) is 0 Å². The molecule has 1 heterocycles. The van der Waals surface area contributed by atoms with Gasteiger partial charge in [-0.3, -0.25) is 9.59 Å². The standard InChI is InChI=1S/C10H9NO3/c1-6(12)14-9-7-4-2-3-5-8(7)11-10(9)13/h2-5,9H,1H3,(H,11,13). The molecule has 1 aliphatic heterocycles. The summed E-state index contributed by atoms with van der Waals surface area (Å²) in [7, 11) is 0. The Kier molecular flexibility index (Phi) is 1.96. The van der Waals surface area contributed by atoms with Gasteiger partial charge in [-0.15, -0.1) is 0 Å². The van der Waals surface area contributed by atoms with Crippen molar-refractivity contribution in [2.45, 2.75) is 13.0 Å². The zero-order chi connectivity index (χ0) is 10.1. The van der Waals surface area contributed by atoms with E-state index in [0.29, 0.717) is 11.3 Å². The molecule has 1 aliphatic rings. The molecule has 0 saturated heterocycles. The van der Waals surface area contributed by atoms with Crippen LogP contribution in [0.25, 0.3) is 0 Å². The van der Waals surface area contributed by atoms with E-state index in [2.05, 4.69) is 5.32 Å². The Hall–Kier alpha value is -1.84. The summed E-state index contributed by atoms with van der Waals surface area (Å²) < 4.78 is 4.90. The zero-order valence-electron chi connectivity index (χ0n) is 7.61. The van der Waals surface area contributed by atoms with Gasteiger partial charge in [0.1, 0.15) is 0 Å². The number of carbonyl (C=O) groups excluding carboxylic acids is 2. The summed E-state index contributed by atoms with van der Waals surface area (Å²) in [4.78, 5) is 22.1. The van der Waals surface area contributed by atoms with Crippen LogP contribution in [-0.2, 0) is 14.3 Å². The van der Waals surface area contributed by atoms with Crippen molar-refractivity contribution in [3.63, 3.8) is 0 Å². The van der Waals surface area contributed by atoms with Crippen molar-refractivity contribution >= 4 is 17.6 Å². The van der Waals surface area contributed by atoms with Gasteiger partial charge in [0, 0.05) is 18.2 Å². The summed E-state index contributed by atoms with van der Waals surface area (Å²) in [6.07, 6.45) is -0.788. The minimum Gasteiger partial charge on any atom is -0.447 e. The monoisotopic (exact) mass is 191 g/mol. The third-order valence-corrected chi connectivity index (χ3v) is 2.02. The third-order valence-electron chi connectivity index (χ3n) is 2.02. The Morgan fingerprint density at radius 2 is 2.14 bits per heavy atom. The highest BCUT2D eigenvalue weighted by Crippen LogP contribution is 2.32. The Balaban J connectivity index is 2.34. The number of hydrogen-bond donors (Lipinski definition) is 1. The van der Waals surface area contributed by atoms with Crippen LogP contribution in [0.15, 0.2) is 24.3 Å². The highest BCUT2D eigenvalue weighted by molar-refractivity contribution is 6.02. The van der Waals surface area contributed by atoms with Crippen LogP contribution >= 0.6 is 0 Å². The number of hydrogen-bond acceptors (Lipinski definition) is 3. The molecule has 0 fully saturated rings. The lowest BCUT2D eigenvalue weighted by molar-refractivity contribution is -0.151. The highest BCUT2D eigenvalue weighted by atomic mass is 16.5. The van der Waals surface area contributed by atoms with Crippen LogP contribution in [-0.4, -0.2) is 11.9 Å². The minimum absolute atomic E-state index is 0.290. The van der Waals surface area contributed by atoms with Gasteiger partial charge in [0.2, 0.25) is 6.10 Å². The summed E-state index contributed by atoms with van der Waals surface area (Å²) in [6.45, 7) is 1.29. The van der Waals surface area contributed by atoms with Gasteiger partial charge in [0.25, 0.3) is 5.91 Å². The van der Waals surface area contributed by atoms with Crippen LogP contribution in [0.4, 0.5) is 5.69 Å². The number of ether oxygens (including phenoxy) is 1. The van der Waals surface area contributed by atoms with E-state index in [4.69, 9.17) is 4.74 Å². The van der Waals surface area contributed by atoms with Crippen molar-refractivity contribution in [1.82, 2.24) is 0 Å². The maximum atomic E-state index is 11.4. The molecule has 0 bridgehead atoms. The van der Waals surface area contributed by atoms with E-state index in [1.165, 1.54) is 6.92 Å². The fourth-order valence-corrected chi connectivity index (χ4v) is 1.46. The topological polar surface area (TPSA) is 55.4 Å². The fourth-order valence-electron chi connectivity index (χ4n) is 1.46. The second-order valence-corrected chi connectivity index (χ2v) is 3.07. The molecule has 14 heavy (non-hydrogen) atoms. The SMILES string of the molecule is CC(=O)OC1C(=O)Nc2ccccc21. The van der Waals surface area contributed by atoms with Gasteiger partial charge in [-0.25, -0.2) is 0 Å². The molecule has 1 unspecified atom stereocenters. The fraction of sp³-hybridized carbons (Fsp3) is 0.200. The van der Waals surface area contributed by atoms with E-state index in [0.717, 1.165) is 0 Å². The zero-order valence-corrected chi connectivity index (χ0v) is 7.61. The number of amides is 1. The summed E-state index contributed by atoms with van der Waals surface area (Å²) >= 11 is 0. The summed E-state index contributed by atoms with van der Waals surface area (Å²) in [5.41, 5.74) is 1.43. The molecule has 0 aromatic heterocycles. The van der Waals surface area contributed by atoms with Crippen LogP contribution in [0.3, 0.4) is 0 Å². The Morgan fingerprint density at radius 3 is 2.86 bits per heavy atom. The van der Waals surface area contributed by atoms with E-state index in [1.807, 2.05) is 6.07 Å². The molecule has 0 spiro atoms. The number of benzene rings is 1. The molecule has 0 aliphatic carbocycles. The normalized spacial score (nSPS) is 18.6. The van der Waals surface area contributed by atoms with Crippen LogP contribution in [0.5, 0.6) is 0 Å². The first-order valence-electron chi connectivity index (χ1n) is 4.25. The van der Waals surface area contributed by atoms with Gasteiger partial charge in [-0.05, 0) is 6.07 Å². The van der Waals surface area contributed by atoms with E-state index >= 15 is 0 Å². The van der Waals surface area contributed by atoms with Gasteiger partial charge in [0.15, 0.2) is 0 Å². The average Bonchev–Trinajstić information content (AvgIpc) is 2.43. The van der Waals surface area contributed by atoms with E-state index in [9.17, 15) is 9.59 Å². The number of carbonyl (C=O) groups is 2. The lowest BCUT2D eigenvalue weighted by atomic mass is 10.1. The Morgan fingerprint density at radius 1 is 1.43 bits per heavy atom. The van der Waals surface area contributed by atoms with Crippen LogP contribution < -0.4 is 5.32 Å². The predicted molar refractivity (Wildman–Crippen MR) is 49.6 cm³/mol. The maximum absolute atomic E-state index is 11.4. The second-order valence-electron chi connectivity index (χ2n) is 3.07. The van der Waals surface area contributed by atoms with E-state index in [-0.39, 0.29) is 5.91 Å². The molecule has 1 aromatic carbocycles. The second kappa shape index (κ2) is 3.14. The molecule has 2 rings (SSSR count). The summed E-state index contributed by atoms with van der Waals surface area (Å²) in [5, 5.41) is 2.64. The van der Waals surface area contributed by atoms with Crippen LogP contribution in [0, 0.1) is 0 Å². The molecule has 0 radical (unpaired) electrons. The number of anilines is 1. The number of esters is 1. The molecule has 72 valence electrons. The summed E-state index contributed by atoms with van der Waals surface area (Å²) in [5.74, 6) is -0.747. The molecule has 1 amide bonds. The van der Waals surface area contributed by atoms with Gasteiger partial charge in [-0.2, -0.15) is 0 Å². The largest absolute Gasteiger partial charge is 0.447 e. The first-order valence-corrected chi connectivity index (χ1v) is 4.25. The Labute approximate surface area is 80.9 Å². The maximum Gasteiger partial charge on any atom is 0.303 e. The van der Waals surface area contributed by atoms with E-state index in [1.54, 1.807) is 18.2 Å². The van der Waals surface area contributed by atoms with Crippen molar-refractivity contribution in [2.24, 2.45) is 0 Å². The average molecular weight is 191 g/mol. The third kappa shape index (κ3) is 1.35. The molecule has 1 atom stereocenters. The van der Waals surface area contributed by atoms with Gasteiger partial charge >= 0.3 is 5.97 Å². The number of nitrogens with one attached hydrogen (secondary N) is 1. The first kappa shape index (κ1) is 8.74. The predicted octanol–water partition coefficient (Wildman–Crippen LogP) is 1.24. The smallest absolute Gasteiger partial charge is 0.303 e. The molecule has 0 saturated carbocycles. The van der Waals surface area contributed by atoms with E-state index < -0.39 is 12.1 Å². The number of para-hydroxylation sites is 1. The Bertz CT molecular complexity index is 400. The van der Waals surface area contributed by atoms with Crippen LogP contribution in [0.1, 0.15) is 18.6 Å². The minimum atomic E-state index is -0.788. The molecule has 4 nitrogen and oxygen atoms in total. The van der Waals surface area contributed by atoms with Crippen molar-refractivity contribution in [3.8, 4) is 0 Å². The van der Waals surface area contributed by atoms with Crippen molar-refractivity contribution in [2.75, 3.05) is 5.32 Å². The van der Waals surface area contributed by atoms with Gasteiger partial charge < -0.3 is 10.1 Å². The lowest BCUT2D eigenvalue weighted by Crippen LogP contribution is -2.17. The molecular weight excluding hydrogens is 182 g/mol.